The number of nitrogens with one attached hydrogen (secondary N) is 2. The first kappa shape index (κ1) is 14.6. The van der Waals surface area contributed by atoms with Crippen molar-refractivity contribution in [3.63, 3.8) is 0 Å². The largest absolute Gasteiger partial charge is 0.382 e. The lowest BCUT2D eigenvalue weighted by molar-refractivity contribution is 0.0945. The molecule has 0 aromatic carbocycles. The molecule has 1 aliphatic heterocycles. The Morgan fingerprint density at radius 2 is 2.35 bits per heavy atom. The first-order valence-electron chi connectivity index (χ1n) is 6.58. The molecule has 1 saturated heterocycles. The van der Waals surface area contributed by atoms with Crippen LogP contribution in [0.5, 0.6) is 0 Å². The number of nitrogen functional groups attached to an aromatic ring is 1. The summed E-state index contributed by atoms with van der Waals surface area (Å²) >= 11 is 1.33. The van der Waals surface area contributed by atoms with Gasteiger partial charge in [-0.15, -0.1) is 12.3 Å². The minimum Gasteiger partial charge on any atom is -0.382 e. The second-order valence-electron chi connectivity index (χ2n) is 4.73. The summed E-state index contributed by atoms with van der Waals surface area (Å²) < 4.78 is 0. The van der Waals surface area contributed by atoms with Crippen molar-refractivity contribution in [2.75, 3.05) is 36.8 Å². The van der Waals surface area contributed by atoms with Crippen molar-refractivity contribution in [1.29, 1.82) is 0 Å². The van der Waals surface area contributed by atoms with Gasteiger partial charge in [-0.2, -0.15) is 0 Å². The Labute approximate surface area is 122 Å². The summed E-state index contributed by atoms with van der Waals surface area (Å²) in [7, 11) is 0. The quantitative estimate of drug-likeness (QED) is 0.694. The number of rotatable bonds is 4. The molecule has 0 spiro atoms. The van der Waals surface area contributed by atoms with E-state index in [9.17, 15) is 4.79 Å². The van der Waals surface area contributed by atoms with Crippen LogP contribution in [0.25, 0.3) is 0 Å². The summed E-state index contributed by atoms with van der Waals surface area (Å²) in [5.41, 5.74) is 5.85. The van der Waals surface area contributed by atoms with Gasteiger partial charge in [0.15, 0.2) is 5.13 Å². The summed E-state index contributed by atoms with van der Waals surface area (Å²) in [5, 5.41) is 6.91. The monoisotopic (exact) mass is 293 g/mol. The number of carbonyl (C=O) groups excluding carboxylic acids is 1. The number of hydrogen-bond acceptors (Lipinski definition) is 6. The predicted octanol–water partition coefficient (Wildman–Crippen LogP) is 0.277. The summed E-state index contributed by atoms with van der Waals surface area (Å²) in [6, 6.07) is -0.0726. The van der Waals surface area contributed by atoms with Crippen molar-refractivity contribution in [3.05, 3.63) is 4.88 Å². The van der Waals surface area contributed by atoms with E-state index in [1.165, 1.54) is 11.3 Å². The Morgan fingerprint density at radius 1 is 1.65 bits per heavy atom. The molecular formula is C13H19N5OS. The zero-order valence-corrected chi connectivity index (χ0v) is 12.3. The maximum atomic E-state index is 12.1. The minimum absolute atomic E-state index is 0.0726. The van der Waals surface area contributed by atoms with Crippen molar-refractivity contribution in [3.8, 4) is 12.3 Å². The van der Waals surface area contributed by atoms with E-state index in [-0.39, 0.29) is 17.8 Å². The van der Waals surface area contributed by atoms with Crippen LogP contribution in [0.1, 0.15) is 23.0 Å². The Hall–Kier alpha value is -1.78. The van der Waals surface area contributed by atoms with Gasteiger partial charge < -0.3 is 21.3 Å². The molecule has 7 heteroatoms. The number of thiazole rings is 1. The maximum Gasteiger partial charge on any atom is 0.265 e. The van der Waals surface area contributed by atoms with Gasteiger partial charge in [-0.25, -0.2) is 4.98 Å². The number of anilines is 2. The first-order chi connectivity index (χ1) is 9.61. The van der Waals surface area contributed by atoms with Crippen molar-refractivity contribution in [1.82, 2.24) is 15.6 Å². The Balaban J connectivity index is 2.06. The van der Waals surface area contributed by atoms with Crippen LogP contribution in [0.4, 0.5) is 10.9 Å². The number of piperazine rings is 1. The second-order valence-corrected chi connectivity index (χ2v) is 5.71. The van der Waals surface area contributed by atoms with E-state index in [1.54, 1.807) is 0 Å². The number of amides is 1. The van der Waals surface area contributed by atoms with Crippen molar-refractivity contribution in [2.24, 2.45) is 0 Å². The molecule has 0 radical (unpaired) electrons. The van der Waals surface area contributed by atoms with E-state index >= 15 is 0 Å². The molecule has 108 valence electrons. The third-order valence-electron chi connectivity index (χ3n) is 3.04. The topological polar surface area (TPSA) is 83.3 Å². The van der Waals surface area contributed by atoms with Gasteiger partial charge >= 0.3 is 0 Å². The predicted molar refractivity (Wildman–Crippen MR) is 82.0 cm³/mol. The Bertz CT molecular complexity index is 515. The fraction of sp³-hybridized carbons (Fsp3) is 0.538. The van der Waals surface area contributed by atoms with E-state index in [2.05, 4.69) is 26.4 Å². The van der Waals surface area contributed by atoms with Gasteiger partial charge in [-0.05, 0) is 6.92 Å². The third kappa shape index (κ3) is 3.40. The van der Waals surface area contributed by atoms with Crippen LogP contribution >= 0.6 is 11.3 Å². The van der Waals surface area contributed by atoms with Crippen LogP contribution in [-0.4, -0.2) is 43.1 Å². The normalized spacial score (nSPS) is 16.5. The number of nitrogens with two attached hydrogens (primary N) is 1. The zero-order chi connectivity index (χ0) is 14.5. The molecule has 1 fully saturated rings. The molecule has 1 aromatic heterocycles. The maximum absolute atomic E-state index is 12.1. The molecule has 20 heavy (non-hydrogen) atoms. The van der Waals surface area contributed by atoms with E-state index in [1.807, 2.05) is 6.92 Å². The van der Waals surface area contributed by atoms with Crippen LogP contribution < -0.4 is 21.3 Å². The van der Waals surface area contributed by atoms with E-state index in [4.69, 9.17) is 12.2 Å². The highest BCUT2D eigenvalue weighted by Crippen LogP contribution is 2.28. The Kier molecular flexibility index (Phi) is 4.82. The minimum atomic E-state index is -0.205. The average molecular weight is 293 g/mol. The smallest absolute Gasteiger partial charge is 0.265 e. The van der Waals surface area contributed by atoms with Crippen molar-refractivity contribution >= 4 is 28.2 Å². The SMILES string of the molecule is C#CCC(C)NC(=O)c1sc(N2CCNCC2)nc1N. The number of terminal acetylenes is 1. The lowest BCUT2D eigenvalue weighted by Crippen LogP contribution is -2.43. The fourth-order valence-corrected chi connectivity index (χ4v) is 2.93. The number of nitrogens with zero attached hydrogens (tertiary/aromatic N) is 2. The third-order valence-corrected chi connectivity index (χ3v) is 4.17. The highest BCUT2D eigenvalue weighted by Gasteiger charge is 2.21. The van der Waals surface area contributed by atoms with Gasteiger partial charge in [0, 0.05) is 38.6 Å². The second kappa shape index (κ2) is 6.59. The lowest BCUT2D eigenvalue weighted by Gasteiger charge is -2.26. The molecule has 0 bridgehead atoms. The molecule has 2 rings (SSSR count). The van der Waals surface area contributed by atoms with Crippen LogP contribution in [0.15, 0.2) is 0 Å². The summed E-state index contributed by atoms with van der Waals surface area (Å²) in [4.78, 5) is 19.0. The van der Waals surface area contributed by atoms with Crippen LogP contribution in [0.2, 0.25) is 0 Å². The van der Waals surface area contributed by atoms with Gasteiger partial charge in [0.1, 0.15) is 10.7 Å². The molecule has 1 atom stereocenters. The molecular weight excluding hydrogens is 274 g/mol. The molecule has 0 saturated carbocycles. The van der Waals surface area contributed by atoms with Gasteiger partial charge in [0.2, 0.25) is 0 Å². The summed E-state index contributed by atoms with van der Waals surface area (Å²) in [5.74, 6) is 2.60. The molecule has 1 amide bonds. The number of carbonyl (C=O) groups is 1. The first-order valence-corrected chi connectivity index (χ1v) is 7.39. The van der Waals surface area contributed by atoms with Gasteiger partial charge in [0.05, 0.1) is 0 Å². The van der Waals surface area contributed by atoms with Crippen molar-refractivity contribution < 1.29 is 4.79 Å². The molecule has 1 unspecified atom stereocenters. The van der Waals surface area contributed by atoms with E-state index in [0.29, 0.717) is 11.3 Å². The van der Waals surface area contributed by atoms with Gasteiger partial charge in [-0.3, -0.25) is 4.79 Å². The molecule has 1 aromatic rings. The standard InChI is InChI=1S/C13H19N5OS/c1-3-4-9(2)16-12(19)10-11(14)17-13(20-10)18-7-5-15-6-8-18/h1,9,15H,4-8,14H2,2H3,(H,16,19). The Morgan fingerprint density at radius 3 is 3.00 bits per heavy atom. The molecule has 4 N–H and O–H groups in total. The van der Waals surface area contributed by atoms with Crippen LogP contribution in [0.3, 0.4) is 0 Å². The summed E-state index contributed by atoms with van der Waals surface area (Å²) in [6.45, 7) is 5.45. The zero-order valence-electron chi connectivity index (χ0n) is 11.5. The van der Waals surface area contributed by atoms with Crippen LogP contribution in [0, 0.1) is 12.3 Å². The number of aromatic nitrogens is 1. The van der Waals surface area contributed by atoms with Gasteiger partial charge in [0.25, 0.3) is 5.91 Å². The molecule has 0 aliphatic carbocycles. The van der Waals surface area contributed by atoms with Crippen molar-refractivity contribution in [2.45, 2.75) is 19.4 Å². The van der Waals surface area contributed by atoms with E-state index in [0.717, 1.165) is 31.3 Å². The molecule has 1 aliphatic rings. The highest BCUT2D eigenvalue weighted by molar-refractivity contribution is 7.18. The van der Waals surface area contributed by atoms with Crippen LogP contribution in [-0.2, 0) is 0 Å². The van der Waals surface area contributed by atoms with E-state index < -0.39 is 0 Å². The fourth-order valence-electron chi connectivity index (χ4n) is 1.99. The highest BCUT2D eigenvalue weighted by atomic mass is 32.1. The lowest BCUT2D eigenvalue weighted by atomic mass is 10.2. The molecule has 2 heterocycles. The summed E-state index contributed by atoms with van der Waals surface area (Å²) in [6.07, 6.45) is 5.72. The molecule has 6 nitrogen and oxygen atoms in total. The number of hydrogen-bond donors (Lipinski definition) is 3. The average Bonchev–Trinajstić information content (AvgIpc) is 2.82. The van der Waals surface area contributed by atoms with Gasteiger partial charge in [-0.1, -0.05) is 11.3 Å².